The zero-order valence-electron chi connectivity index (χ0n) is 21.5. The Balaban J connectivity index is 1.58. The van der Waals surface area contributed by atoms with Crippen molar-refractivity contribution in [2.24, 2.45) is 0 Å². The lowest BCUT2D eigenvalue weighted by atomic mass is 10.1. The largest absolute Gasteiger partial charge is 0.377 e. The Labute approximate surface area is 217 Å². The molecule has 0 aliphatic carbocycles. The summed E-state index contributed by atoms with van der Waals surface area (Å²) in [5.74, 6) is -0.207. The number of thiazole rings is 1. The van der Waals surface area contributed by atoms with Crippen LogP contribution in [0.2, 0.25) is 0 Å². The number of fused-ring (bicyclic) bond motifs is 1. The van der Waals surface area contributed by atoms with E-state index in [0.29, 0.717) is 36.9 Å². The van der Waals surface area contributed by atoms with Crippen molar-refractivity contribution in [1.82, 2.24) is 14.2 Å². The molecule has 194 valence electrons. The highest BCUT2D eigenvalue weighted by atomic mass is 32.2. The number of rotatable bonds is 9. The van der Waals surface area contributed by atoms with E-state index in [4.69, 9.17) is 9.72 Å². The number of hydrogen-bond donors (Lipinski definition) is 0. The van der Waals surface area contributed by atoms with E-state index in [1.165, 1.54) is 33.3 Å². The summed E-state index contributed by atoms with van der Waals surface area (Å²) in [6.45, 7) is 6.24. The van der Waals surface area contributed by atoms with Gasteiger partial charge in [-0.05, 0) is 88.3 Å². The van der Waals surface area contributed by atoms with Gasteiger partial charge in [-0.2, -0.15) is 4.31 Å². The molecule has 0 radical (unpaired) electrons. The molecule has 1 aliphatic heterocycles. The Morgan fingerprint density at radius 3 is 2.42 bits per heavy atom. The Kier molecular flexibility index (Phi) is 8.11. The molecule has 1 aromatic heterocycles. The molecule has 2 heterocycles. The van der Waals surface area contributed by atoms with E-state index in [-0.39, 0.29) is 16.9 Å². The van der Waals surface area contributed by atoms with Gasteiger partial charge in [-0.15, -0.1) is 0 Å². The van der Waals surface area contributed by atoms with Crippen LogP contribution >= 0.6 is 11.3 Å². The van der Waals surface area contributed by atoms with Gasteiger partial charge in [0.1, 0.15) is 0 Å². The number of sulfonamides is 1. The molecule has 1 fully saturated rings. The summed E-state index contributed by atoms with van der Waals surface area (Å²) in [5.41, 5.74) is 3.63. The van der Waals surface area contributed by atoms with Crippen LogP contribution in [0.15, 0.2) is 41.3 Å². The molecule has 0 bridgehead atoms. The molecular formula is C26H34N4O4S2. The molecule has 36 heavy (non-hydrogen) atoms. The van der Waals surface area contributed by atoms with E-state index in [2.05, 4.69) is 19.9 Å². The smallest absolute Gasteiger partial charge is 0.260 e. The third-order valence-electron chi connectivity index (χ3n) is 6.53. The summed E-state index contributed by atoms with van der Waals surface area (Å²) in [4.78, 5) is 22.2. The van der Waals surface area contributed by atoms with E-state index in [1.54, 1.807) is 24.1 Å². The lowest BCUT2D eigenvalue weighted by Crippen LogP contribution is -2.37. The molecule has 1 aliphatic rings. The van der Waals surface area contributed by atoms with Gasteiger partial charge in [0.15, 0.2) is 5.13 Å². The first-order valence-electron chi connectivity index (χ1n) is 12.1. The number of likely N-dealkylation sites (N-methyl/N-ethyl adjacent to an activating group) is 2. The number of hydrogen-bond acceptors (Lipinski definition) is 7. The molecule has 0 N–H and O–H groups in total. The van der Waals surface area contributed by atoms with Gasteiger partial charge in [-0.1, -0.05) is 11.3 Å². The molecule has 0 saturated carbocycles. The van der Waals surface area contributed by atoms with Crippen LogP contribution in [0.3, 0.4) is 0 Å². The minimum atomic E-state index is -3.68. The summed E-state index contributed by atoms with van der Waals surface area (Å²) >= 11 is 1.49. The van der Waals surface area contributed by atoms with Crippen LogP contribution in [0.5, 0.6) is 0 Å². The Bertz CT molecular complexity index is 1290. The van der Waals surface area contributed by atoms with Gasteiger partial charge < -0.3 is 9.64 Å². The van der Waals surface area contributed by atoms with E-state index >= 15 is 0 Å². The first kappa shape index (κ1) is 26.7. The summed E-state index contributed by atoms with van der Waals surface area (Å²) < 4.78 is 34.0. The average Bonchev–Trinajstić information content (AvgIpc) is 3.49. The second-order valence-electron chi connectivity index (χ2n) is 9.61. The Morgan fingerprint density at radius 2 is 1.78 bits per heavy atom. The zero-order chi connectivity index (χ0) is 26.0. The maximum absolute atomic E-state index is 13.6. The maximum atomic E-state index is 13.6. The molecular weight excluding hydrogens is 496 g/mol. The molecule has 10 heteroatoms. The van der Waals surface area contributed by atoms with Crippen molar-refractivity contribution in [2.75, 3.05) is 52.3 Å². The third kappa shape index (κ3) is 5.78. The maximum Gasteiger partial charge on any atom is 0.260 e. The lowest BCUT2D eigenvalue weighted by molar-refractivity contribution is 0.0978. The van der Waals surface area contributed by atoms with E-state index < -0.39 is 10.0 Å². The summed E-state index contributed by atoms with van der Waals surface area (Å²) in [6, 6.07) is 10.3. The van der Waals surface area contributed by atoms with Crippen molar-refractivity contribution in [2.45, 2.75) is 37.7 Å². The van der Waals surface area contributed by atoms with Crippen molar-refractivity contribution < 1.29 is 17.9 Å². The van der Waals surface area contributed by atoms with Crippen LogP contribution in [0, 0.1) is 13.8 Å². The van der Waals surface area contributed by atoms with Crippen LogP contribution < -0.4 is 4.90 Å². The molecule has 2 aromatic carbocycles. The second-order valence-corrected chi connectivity index (χ2v) is 12.7. The summed E-state index contributed by atoms with van der Waals surface area (Å²) in [5, 5.41) is 0.634. The van der Waals surface area contributed by atoms with Gasteiger partial charge in [0.25, 0.3) is 5.91 Å². The van der Waals surface area contributed by atoms with Crippen molar-refractivity contribution in [3.8, 4) is 0 Å². The molecule has 1 saturated heterocycles. The number of aromatic nitrogens is 1. The van der Waals surface area contributed by atoms with E-state index in [0.717, 1.165) is 28.6 Å². The predicted molar refractivity (Wildman–Crippen MR) is 145 cm³/mol. The van der Waals surface area contributed by atoms with Crippen molar-refractivity contribution in [3.05, 3.63) is 53.1 Å². The minimum absolute atomic E-state index is 0.0720. The molecule has 1 atom stereocenters. The van der Waals surface area contributed by atoms with Crippen LogP contribution in [-0.4, -0.2) is 82.0 Å². The fourth-order valence-electron chi connectivity index (χ4n) is 4.15. The summed E-state index contributed by atoms with van der Waals surface area (Å²) in [6.07, 6.45) is 1.74. The van der Waals surface area contributed by atoms with Crippen molar-refractivity contribution in [1.29, 1.82) is 0 Å². The Hall–Kier alpha value is -2.37. The molecule has 1 amide bonds. The monoisotopic (exact) mass is 530 g/mol. The van der Waals surface area contributed by atoms with Gasteiger partial charge in [-0.3, -0.25) is 9.69 Å². The minimum Gasteiger partial charge on any atom is -0.377 e. The van der Waals surface area contributed by atoms with Gasteiger partial charge >= 0.3 is 0 Å². The summed E-state index contributed by atoms with van der Waals surface area (Å²) in [7, 11) is 1.81. The number of ether oxygens (including phenoxy) is 1. The second kappa shape index (κ2) is 10.9. The number of carbonyl (C=O) groups excluding carboxylic acids is 1. The lowest BCUT2D eigenvalue weighted by Gasteiger charge is -2.22. The predicted octanol–water partition coefficient (Wildman–Crippen LogP) is 3.92. The van der Waals surface area contributed by atoms with Crippen LogP contribution in [-0.2, 0) is 14.8 Å². The number of amides is 1. The van der Waals surface area contributed by atoms with Gasteiger partial charge in [0.2, 0.25) is 10.0 Å². The fraction of sp³-hybridized carbons (Fsp3) is 0.462. The molecule has 0 spiro atoms. The fourth-order valence-corrected chi connectivity index (χ4v) is 6.42. The van der Waals surface area contributed by atoms with Gasteiger partial charge in [0, 0.05) is 38.9 Å². The van der Waals surface area contributed by atoms with Crippen LogP contribution in [0.25, 0.3) is 10.2 Å². The van der Waals surface area contributed by atoms with E-state index in [9.17, 15) is 13.2 Å². The topological polar surface area (TPSA) is 83.1 Å². The van der Waals surface area contributed by atoms with Crippen LogP contribution in [0.4, 0.5) is 5.13 Å². The number of benzene rings is 2. The number of anilines is 1. The van der Waals surface area contributed by atoms with Crippen LogP contribution in [0.1, 0.15) is 34.3 Å². The van der Waals surface area contributed by atoms with Crippen molar-refractivity contribution >= 4 is 42.6 Å². The molecule has 3 aromatic rings. The highest BCUT2D eigenvalue weighted by Crippen LogP contribution is 2.32. The first-order valence-corrected chi connectivity index (χ1v) is 14.3. The average molecular weight is 531 g/mol. The molecule has 1 unspecified atom stereocenters. The van der Waals surface area contributed by atoms with Gasteiger partial charge in [0.05, 0.1) is 21.2 Å². The SMILES string of the molecule is Cc1cc2nc(N(CCN(C)C)C(=O)c3ccc(S(=O)(=O)N(C)CC4CCCO4)cc3)sc2cc1C. The third-order valence-corrected chi connectivity index (χ3v) is 9.41. The highest BCUT2D eigenvalue weighted by Gasteiger charge is 2.27. The molecule has 4 rings (SSSR count). The number of nitrogens with zero attached hydrogens (tertiary/aromatic N) is 4. The highest BCUT2D eigenvalue weighted by molar-refractivity contribution is 7.89. The molecule has 8 nitrogen and oxygen atoms in total. The van der Waals surface area contributed by atoms with E-state index in [1.807, 2.05) is 25.1 Å². The zero-order valence-corrected chi connectivity index (χ0v) is 23.2. The Morgan fingerprint density at radius 1 is 1.08 bits per heavy atom. The number of aryl methyl sites for hydroxylation is 2. The quantitative estimate of drug-likeness (QED) is 0.417. The normalized spacial score (nSPS) is 16.4. The first-order chi connectivity index (χ1) is 17.1. The standard InChI is InChI=1S/C26H34N4O4S2/c1-18-15-23-24(16-19(18)2)35-26(27-23)30(13-12-28(3)4)25(31)20-8-10-22(11-9-20)36(32,33)29(5)17-21-7-6-14-34-21/h8-11,15-16,21H,6-7,12-14,17H2,1-5H3. The number of carbonyl (C=O) groups is 1. The van der Waals surface area contributed by atoms with Gasteiger partial charge in [-0.25, -0.2) is 13.4 Å². The van der Waals surface area contributed by atoms with Crippen molar-refractivity contribution in [3.63, 3.8) is 0 Å².